The van der Waals surface area contributed by atoms with Crippen LogP contribution in [0.5, 0.6) is 0 Å². The number of hydrogen-bond donors (Lipinski definition) is 1. The van der Waals surface area contributed by atoms with Crippen molar-refractivity contribution in [2.24, 2.45) is 10.4 Å². The second kappa shape index (κ2) is 4.96. The summed E-state index contributed by atoms with van der Waals surface area (Å²) in [6, 6.07) is 8.35. The van der Waals surface area contributed by atoms with Gasteiger partial charge < -0.3 is 5.32 Å². The summed E-state index contributed by atoms with van der Waals surface area (Å²) in [5.41, 5.74) is 1.46. The Kier molecular flexibility index (Phi) is 3.79. The molecule has 1 N–H and O–H groups in total. The molecule has 4 heteroatoms. The van der Waals surface area contributed by atoms with E-state index in [-0.39, 0.29) is 0 Å². The number of nitrogens with one attached hydrogen (secondary N) is 1. The largest absolute Gasteiger partial charge is 0.335 e. The Hall–Kier alpha value is -0.230. The highest BCUT2D eigenvalue weighted by atomic mass is 127. The molecule has 1 aromatic rings. The Bertz CT molecular complexity index is 415. The van der Waals surface area contributed by atoms with Gasteiger partial charge in [-0.2, -0.15) is 0 Å². The van der Waals surface area contributed by atoms with Crippen molar-refractivity contribution in [2.75, 3.05) is 17.6 Å². The van der Waals surface area contributed by atoms with Crippen LogP contribution in [0.1, 0.15) is 13.8 Å². The van der Waals surface area contributed by atoms with Crippen LogP contribution in [0.15, 0.2) is 29.3 Å². The molecule has 0 unspecified atom stereocenters. The van der Waals surface area contributed by atoms with Crippen molar-refractivity contribution < 1.29 is 0 Å². The molecule has 0 radical (unpaired) electrons. The lowest BCUT2D eigenvalue weighted by Gasteiger charge is -2.27. The molecule has 2 nitrogen and oxygen atoms in total. The van der Waals surface area contributed by atoms with Gasteiger partial charge in [0.05, 0.1) is 0 Å². The summed E-state index contributed by atoms with van der Waals surface area (Å²) in [4.78, 5) is 4.57. The maximum atomic E-state index is 4.57. The summed E-state index contributed by atoms with van der Waals surface area (Å²) >= 11 is 4.13. The highest BCUT2D eigenvalue weighted by Crippen LogP contribution is 2.28. The summed E-state index contributed by atoms with van der Waals surface area (Å²) in [7, 11) is 0. The minimum atomic E-state index is 0.334. The molecule has 86 valence electrons. The van der Waals surface area contributed by atoms with E-state index in [2.05, 4.69) is 71.0 Å². The number of aliphatic imine (C=N–C) groups is 1. The molecular weight excluding hydrogens is 331 g/mol. The molecule has 0 saturated carbocycles. The molecular formula is C12H15IN2S. The van der Waals surface area contributed by atoms with Gasteiger partial charge in [-0.05, 0) is 46.2 Å². The van der Waals surface area contributed by atoms with Gasteiger partial charge in [0.2, 0.25) is 0 Å². The van der Waals surface area contributed by atoms with Crippen molar-refractivity contribution in [3.8, 4) is 0 Å². The standard InChI is InChI=1S/C12H15IN2S/c1-12(2)7-14-11(16-8-12)15-10-5-3-4-9(13)6-10/h3-6H,7-8H2,1-2H3,(H,14,15). The lowest BCUT2D eigenvalue weighted by molar-refractivity contribution is 0.438. The van der Waals surface area contributed by atoms with E-state index < -0.39 is 0 Å². The number of benzene rings is 1. The molecule has 1 heterocycles. The van der Waals surface area contributed by atoms with Gasteiger partial charge in [0.15, 0.2) is 5.17 Å². The minimum absolute atomic E-state index is 0.334. The normalized spacial score (nSPS) is 19.1. The van der Waals surface area contributed by atoms with E-state index in [1.165, 1.54) is 3.57 Å². The molecule has 0 atom stereocenters. The van der Waals surface area contributed by atoms with Crippen molar-refractivity contribution >= 4 is 45.2 Å². The number of thioether (sulfide) groups is 1. The van der Waals surface area contributed by atoms with Gasteiger partial charge in [-0.1, -0.05) is 31.7 Å². The zero-order valence-corrected chi connectivity index (χ0v) is 12.4. The van der Waals surface area contributed by atoms with Crippen LogP contribution in [0, 0.1) is 8.99 Å². The predicted molar refractivity (Wildman–Crippen MR) is 81.3 cm³/mol. The maximum Gasteiger partial charge on any atom is 0.161 e. The molecule has 0 aromatic heterocycles. The molecule has 0 bridgehead atoms. The first-order valence-corrected chi connectivity index (χ1v) is 7.31. The fourth-order valence-corrected chi connectivity index (χ4v) is 2.91. The molecule has 2 rings (SSSR count). The van der Waals surface area contributed by atoms with Crippen LogP contribution in [-0.4, -0.2) is 17.5 Å². The van der Waals surface area contributed by atoms with Crippen molar-refractivity contribution in [3.05, 3.63) is 27.8 Å². The Morgan fingerprint density at radius 2 is 2.25 bits per heavy atom. The van der Waals surface area contributed by atoms with E-state index in [9.17, 15) is 0 Å². The highest BCUT2D eigenvalue weighted by molar-refractivity contribution is 14.1. The Labute approximate surface area is 114 Å². The summed E-state index contributed by atoms with van der Waals surface area (Å²) in [6.07, 6.45) is 0. The molecule has 0 spiro atoms. The smallest absolute Gasteiger partial charge is 0.161 e. The van der Waals surface area contributed by atoms with Gasteiger partial charge in [0.25, 0.3) is 0 Å². The third-order valence-corrected chi connectivity index (χ3v) is 4.43. The number of rotatable bonds is 1. The van der Waals surface area contributed by atoms with Crippen molar-refractivity contribution in [3.63, 3.8) is 0 Å². The monoisotopic (exact) mass is 346 g/mol. The van der Waals surface area contributed by atoms with E-state index in [1.807, 2.05) is 11.8 Å². The van der Waals surface area contributed by atoms with Crippen molar-refractivity contribution in [1.82, 2.24) is 0 Å². The van der Waals surface area contributed by atoms with Gasteiger partial charge in [0.1, 0.15) is 0 Å². The topological polar surface area (TPSA) is 24.4 Å². The zero-order valence-electron chi connectivity index (χ0n) is 9.46. The van der Waals surface area contributed by atoms with Crippen molar-refractivity contribution in [2.45, 2.75) is 13.8 Å². The van der Waals surface area contributed by atoms with Crippen LogP contribution in [0.4, 0.5) is 5.69 Å². The summed E-state index contributed by atoms with van der Waals surface area (Å²) < 4.78 is 1.24. The second-order valence-corrected chi connectivity index (χ2v) is 6.92. The number of anilines is 1. The van der Waals surface area contributed by atoms with E-state index in [1.54, 1.807) is 0 Å². The van der Waals surface area contributed by atoms with E-state index in [0.717, 1.165) is 23.2 Å². The first kappa shape index (κ1) is 12.2. The van der Waals surface area contributed by atoms with Gasteiger partial charge in [-0.25, -0.2) is 0 Å². The number of nitrogens with zero attached hydrogens (tertiary/aromatic N) is 1. The van der Waals surface area contributed by atoms with Crippen LogP contribution < -0.4 is 5.32 Å². The Balaban J connectivity index is 2.04. The summed E-state index contributed by atoms with van der Waals surface area (Å²) in [5.74, 6) is 1.13. The van der Waals surface area contributed by atoms with Crippen LogP contribution in [-0.2, 0) is 0 Å². The van der Waals surface area contributed by atoms with Gasteiger partial charge in [0, 0.05) is 21.6 Å². The van der Waals surface area contributed by atoms with Gasteiger partial charge >= 0.3 is 0 Å². The summed E-state index contributed by atoms with van der Waals surface area (Å²) in [6.45, 7) is 5.42. The van der Waals surface area contributed by atoms with Gasteiger partial charge in [-0.15, -0.1) is 0 Å². The van der Waals surface area contributed by atoms with Crippen LogP contribution in [0.2, 0.25) is 0 Å². The summed E-state index contributed by atoms with van der Waals surface area (Å²) in [5, 5.41) is 4.41. The zero-order chi connectivity index (χ0) is 11.6. The van der Waals surface area contributed by atoms with E-state index in [4.69, 9.17) is 0 Å². The molecule has 1 aromatic carbocycles. The van der Waals surface area contributed by atoms with E-state index in [0.29, 0.717) is 5.41 Å². The molecule has 16 heavy (non-hydrogen) atoms. The SMILES string of the molecule is CC1(C)CN=C(Nc2cccc(I)c2)SC1. The van der Waals surface area contributed by atoms with Gasteiger partial charge in [-0.3, -0.25) is 4.99 Å². The molecule has 0 fully saturated rings. The maximum absolute atomic E-state index is 4.57. The lowest BCUT2D eigenvalue weighted by atomic mass is 9.97. The quantitative estimate of drug-likeness (QED) is 0.782. The van der Waals surface area contributed by atoms with Crippen LogP contribution in [0.25, 0.3) is 0 Å². The average Bonchev–Trinajstić information content (AvgIpc) is 2.21. The van der Waals surface area contributed by atoms with Crippen molar-refractivity contribution in [1.29, 1.82) is 0 Å². The molecule has 0 saturated heterocycles. The number of halogens is 1. The first-order valence-electron chi connectivity index (χ1n) is 5.25. The Morgan fingerprint density at radius 3 is 2.88 bits per heavy atom. The first-order chi connectivity index (χ1) is 7.55. The lowest BCUT2D eigenvalue weighted by Crippen LogP contribution is -2.27. The van der Waals surface area contributed by atoms with E-state index >= 15 is 0 Å². The number of amidine groups is 1. The fraction of sp³-hybridized carbons (Fsp3) is 0.417. The van der Waals surface area contributed by atoms with Crippen LogP contribution >= 0.6 is 34.4 Å². The molecule has 0 aliphatic carbocycles. The average molecular weight is 346 g/mol. The third-order valence-electron chi connectivity index (χ3n) is 2.33. The van der Waals surface area contributed by atoms with Crippen LogP contribution in [0.3, 0.4) is 0 Å². The molecule has 0 amide bonds. The fourth-order valence-electron chi connectivity index (χ4n) is 1.41. The number of hydrogen-bond acceptors (Lipinski definition) is 3. The highest BCUT2D eigenvalue weighted by Gasteiger charge is 2.23. The molecule has 1 aliphatic heterocycles. The Morgan fingerprint density at radius 1 is 1.44 bits per heavy atom. The predicted octanol–water partition coefficient (Wildman–Crippen LogP) is 3.83. The minimum Gasteiger partial charge on any atom is -0.335 e. The second-order valence-electron chi connectivity index (χ2n) is 4.71. The third kappa shape index (κ3) is 3.38. The molecule has 1 aliphatic rings.